The van der Waals surface area contributed by atoms with Crippen LogP contribution >= 0.6 is 11.6 Å². The number of halogens is 2. The summed E-state index contributed by atoms with van der Waals surface area (Å²) in [4.78, 5) is 0. The summed E-state index contributed by atoms with van der Waals surface area (Å²) in [5, 5.41) is 9.83. The van der Waals surface area contributed by atoms with E-state index in [4.69, 9.17) is 17.3 Å². The van der Waals surface area contributed by atoms with E-state index in [9.17, 15) is 9.50 Å². The minimum Gasteiger partial charge on any atom is -0.391 e. The zero-order valence-corrected chi connectivity index (χ0v) is 9.55. The number of aryl methyl sites for hydroxylation is 1. The molecule has 3 N–H and O–H groups in total. The van der Waals surface area contributed by atoms with Gasteiger partial charge >= 0.3 is 0 Å². The largest absolute Gasteiger partial charge is 0.391 e. The first kappa shape index (κ1) is 12.4. The Balaban J connectivity index is 3.18. The Morgan fingerprint density at radius 1 is 1.53 bits per heavy atom. The van der Waals surface area contributed by atoms with Crippen molar-refractivity contribution in [3.05, 3.63) is 34.1 Å². The summed E-state index contributed by atoms with van der Waals surface area (Å²) in [6, 6.07) is 2.41. The topological polar surface area (TPSA) is 46.2 Å². The summed E-state index contributed by atoms with van der Waals surface area (Å²) >= 11 is 5.87. The molecule has 0 aliphatic rings. The molecular formula is C11H15ClFNO. The van der Waals surface area contributed by atoms with Crippen LogP contribution in [-0.4, -0.2) is 11.2 Å². The van der Waals surface area contributed by atoms with E-state index in [2.05, 4.69) is 0 Å². The maximum absolute atomic E-state index is 13.7. The quantitative estimate of drug-likeness (QED) is 0.840. The average Bonchev–Trinajstić information content (AvgIpc) is 2.22. The second kappa shape index (κ2) is 4.92. The van der Waals surface area contributed by atoms with Gasteiger partial charge in [-0.15, -0.1) is 0 Å². The summed E-state index contributed by atoms with van der Waals surface area (Å²) in [6.07, 6.45) is -0.316. The van der Waals surface area contributed by atoms with E-state index >= 15 is 0 Å². The van der Waals surface area contributed by atoms with Gasteiger partial charge in [0.1, 0.15) is 5.82 Å². The number of aliphatic hydroxyl groups is 1. The lowest BCUT2D eigenvalue weighted by atomic mass is 9.98. The number of hydrogen-bond donors (Lipinski definition) is 2. The van der Waals surface area contributed by atoms with Gasteiger partial charge in [0.2, 0.25) is 0 Å². The second-order valence-corrected chi connectivity index (χ2v) is 4.00. The van der Waals surface area contributed by atoms with Gasteiger partial charge in [0.05, 0.1) is 12.1 Å². The maximum Gasteiger partial charge on any atom is 0.132 e. The Hall–Kier alpha value is -0.640. The molecule has 84 valence electrons. The summed E-state index contributed by atoms with van der Waals surface area (Å²) in [6.45, 7) is 3.42. The van der Waals surface area contributed by atoms with Gasteiger partial charge < -0.3 is 10.8 Å². The van der Waals surface area contributed by atoms with Gasteiger partial charge in [0.15, 0.2) is 0 Å². The molecule has 0 aromatic heterocycles. The van der Waals surface area contributed by atoms with E-state index in [1.54, 1.807) is 26.0 Å². The van der Waals surface area contributed by atoms with Gasteiger partial charge in [0.25, 0.3) is 0 Å². The lowest BCUT2D eigenvalue weighted by Crippen LogP contribution is -2.27. The number of nitrogens with two attached hydrogens (primary N) is 1. The van der Waals surface area contributed by atoms with Crippen LogP contribution in [0, 0.1) is 12.7 Å². The highest BCUT2D eigenvalue weighted by Gasteiger charge is 2.22. The zero-order valence-electron chi connectivity index (χ0n) is 8.80. The lowest BCUT2D eigenvalue weighted by Gasteiger charge is -2.20. The number of rotatable bonds is 3. The average molecular weight is 232 g/mol. The van der Waals surface area contributed by atoms with Crippen molar-refractivity contribution in [1.29, 1.82) is 0 Å². The molecule has 0 amide bonds. The number of benzene rings is 1. The second-order valence-electron chi connectivity index (χ2n) is 3.59. The van der Waals surface area contributed by atoms with Crippen molar-refractivity contribution in [2.45, 2.75) is 32.4 Å². The van der Waals surface area contributed by atoms with Crippen LogP contribution in [0.1, 0.15) is 30.5 Å². The molecule has 0 fully saturated rings. The molecule has 4 heteroatoms. The predicted molar refractivity (Wildman–Crippen MR) is 59.4 cm³/mol. The highest BCUT2D eigenvalue weighted by Crippen LogP contribution is 2.29. The molecule has 0 aliphatic carbocycles. The highest BCUT2D eigenvalue weighted by atomic mass is 35.5. The molecule has 0 spiro atoms. The minimum absolute atomic E-state index is 0.200. The Morgan fingerprint density at radius 2 is 2.13 bits per heavy atom. The fourth-order valence-electron chi connectivity index (χ4n) is 1.43. The van der Waals surface area contributed by atoms with Crippen LogP contribution in [0.4, 0.5) is 4.39 Å². The monoisotopic (exact) mass is 231 g/mol. The molecule has 0 saturated heterocycles. The third kappa shape index (κ3) is 2.48. The molecule has 1 aromatic carbocycles. The standard InChI is InChI=1S/C11H15ClFNO/c1-3-8(15)11(14)9-7(12)5-4-6(2)10(9)13/h4-5,8,11,15H,3,14H2,1-2H3/t8-,11-/m1/s1. The summed E-state index contributed by atoms with van der Waals surface area (Å²) in [7, 11) is 0. The van der Waals surface area contributed by atoms with Crippen LogP contribution in [0.5, 0.6) is 0 Å². The van der Waals surface area contributed by atoms with E-state index in [0.29, 0.717) is 12.0 Å². The maximum atomic E-state index is 13.7. The fraction of sp³-hybridized carbons (Fsp3) is 0.455. The lowest BCUT2D eigenvalue weighted by molar-refractivity contribution is 0.139. The molecule has 0 unspecified atom stereocenters. The first-order chi connectivity index (χ1) is 6.99. The Morgan fingerprint density at radius 3 is 2.67 bits per heavy atom. The van der Waals surface area contributed by atoms with Gasteiger partial charge in [-0.25, -0.2) is 4.39 Å². The number of hydrogen-bond acceptors (Lipinski definition) is 2. The van der Waals surface area contributed by atoms with Crippen molar-refractivity contribution in [2.24, 2.45) is 5.73 Å². The normalized spacial score (nSPS) is 15.1. The molecule has 0 radical (unpaired) electrons. The van der Waals surface area contributed by atoms with Crippen molar-refractivity contribution in [3.63, 3.8) is 0 Å². The molecule has 15 heavy (non-hydrogen) atoms. The molecular weight excluding hydrogens is 217 g/mol. The summed E-state index contributed by atoms with van der Waals surface area (Å²) in [5.74, 6) is -0.428. The molecule has 0 heterocycles. The van der Waals surface area contributed by atoms with Crippen molar-refractivity contribution < 1.29 is 9.50 Å². The third-order valence-electron chi connectivity index (χ3n) is 2.49. The van der Waals surface area contributed by atoms with Gasteiger partial charge in [0, 0.05) is 10.6 Å². The summed E-state index contributed by atoms with van der Waals surface area (Å²) < 4.78 is 13.7. The molecule has 2 atom stereocenters. The minimum atomic E-state index is -0.779. The van der Waals surface area contributed by atoms with E-state index in [1.165, 1.54) is 0 Å². The van der Waals surface area contributed by atoms with Crippen LogP contribution in [0.3, 0.4) is 0 Å². The van der Waals surface area contributed by atoms with Crippen LogP contribution in [-0.2, 0) is 0 Å². The molecule has 0 aliphatic heterocycles. The first-order valence-electron chi connectivity index (χ1n) is 4.87. The van der Waals surface area contributed by atoms with Crippen LogP contribution in [0.25, 0.3) is 0 Å². The molecule has 0 bridgehead atoms. The van der Waals surface area contributed by atoms with Gasteiger partial charge in [-0.3, -0.25) is 0 Å². The van der Waals surface area contributed by atoms with E-state index < -0.39 is 18.0 Å². The van der Waals surface area contributed by atoms with Crippen molar-refractivity contribution in [3.8, 4) is 0 Å². The van der Waals surface area contributed by atoms with Gasteiger partial charge in [-0.05, 0) is 25.0 Å². The summed E-state index contributed by atoms with van der Waals surface area (Å²) in [5.41, 5.74) is 6.42. The van der Waals surface area contributed by atoms with Crippen LogP contribution in [0.15, 0.2) is 12.1 Å². The molecule has 2 nitrogen and oxygen atoms in total. The van der Waals surface area contributed by atoms with Gasteiger partial charge in [-0.2, -0.15) is 0 Å². The Kier molecular flexibility index (Phi) is 4.08. The SMILES string of the molecule is CC[C@@H](O)[C@@H](N)c1c(Cl)ccc(C)c1F. The molecule has 0 saturated carbocycles. The number of aliphatic hydroxyl groups excluding tert-OH is 1. The Labute approximate surface area is 93.9 Å². The highest BCUT2D eigenvalue weighted by molar-refractivity contribution is 6.31. The zero-order chi connectivity index (χ0) is 11.6. The van der Waals surface area contributed by atoms with Crippen molar-refractivity contribution >= 4 is 11.6 Å². The van der Waals surface area contributed by atoms with Gasteiger partial charge in [-0.1, -0.05) is 24.6 Å². The van der Waals surface area contributed by atoms with Crippen LogP contribution < -0.4 is 5.73 Å². The Bertz CT molecular complexity index is 357. The molecule has 1 aromatic rings. The van der Waals surface area contributed by atoms with E-state index in [-0.39, 0.29) is 10.6 Å². The van der Waals surface area contributed by atoms with Crippen LogP contribution in [0.2, 0.25) is 5.02 Å². The van der Waals surface area contributed by atoms with Crippen molar-refractivity contribution in [2.75, 3.05) is 0 Å². The van der Waals surface area contributed by atoms with Crippen molar-refractivity contribution in [1.82, 2.24) is 0 Å². The predicted octanol–water partition coefficient (Wildman–Crippen LogP) is 2.56. The third-order valence-corrected chi connectivity index (χ3v) is 2.82. The smallest absolute Gasteiger partial charge is 0.132 e. The van der Waals surface area contributed by atoms with E-state index in [1.807, 2.05) is 0 Å². The van der Waals surface area contributed by atoms with E-state index in [0.717, 1.165) is 0 Å². The molecule has 1 rings (SSSR count). The first-order valence-corrected chi connectivity index (χ1v) is 5.25. The fourth-order valence-corrected chi connectivity index (χ4v) is 1.70.